The molecule has 0 aliphatic heterocycles. The molecule has 1 aromatic heterocycles. The molecule has 26 heavy (non-hydrogen) atoms. The van der Waals surface area contributed by atoms with Gasteiger partial charge >= 0.3 is 0 Å². The zero-order chi connectivity index (χ0) is 18.9. The minimum atomic E-state index is -3.78. The monoisotopic (exact) mass is 408 g/mol. The zero-order valence-electron chi connectivity index (χ0n) is 14.1. The molecule has 1 N–H and O–H groups in total. The molecule has 5 nitrogen and oxygen atoms in total. The normalized spacial score (nSPS) is 16.6. The highest BCUT2D eigenvalue weighted by molar-refractivity contribution is 7.92. The number of nitrogens with one attached hydrogen (secondary N) is 1. The largest absolute Gasteiger partial charge is 0.316 e. The van der Waals surface area contributed by atoms with Gasteiger partial charge < -0.3 is 5.32 Å². The molecule has 0 spiro atoms. The molecule has 1 amide bonds. The van der Waals surface area contributed by atoms with Crippen LogP contribution in [0.3, 0.4) is 0 Å². The maximum absolute atomic E-state index is 12.4. The molecule has 136 valence electrons. The molecule has 0 saturated carbocycles. The topological polar surface area (TPSA) is 87.0 Å². The summed E-state index contributed by atoms with van der Waals surface area (Å²) in [6.07, 6.45) is 2.71. The van der Waals surface area contributed by atoms with Crippen molar-refractivity contribution >= 4 is 43.7 Å². The van der Waals surface area contributed by atoms with E-state index in [-0.39, 0.29) is 4.90 Å². The number of halogens is 1. The van der Waals surface area contributed by atoms with Gasteiger partial charge in [-0.2, -0.15) is 5.26 Å². The van der Waals surface area contributed by atoms with Crippen molar-refractivity contribution in [2.24, 2.45) is 5.92 Å². The van der Waals surface area contributed by atoms with Crippen molar-refractivity contribution in [1.82, 2.24) is 0 Å². The van der Waals surface area contributed by atoms with Gasteiger partial charge in [0.05, 0.1) is 10.5 Å². The first-order chi connectivity index (χ1) is 12.3. The lowest BCUT2D eigenvalue weighted by molar-refractivity contribution is -0.113. The van der Waals surface area contributed by atoms with E-state index in [4.69, 9.17) is 11.6 Å². The Labute approximate surface area is 161 Å². The second-order valence-electron chi connectivity index (χ2n) is 6.43. The number of carbonyl (C=O) groups excluding carboxylic acids is 1. The first-order valence-corrected chi connectivity index (χ1v) is 11.0. The van der Waals surface area contributed by atoms with Crippen LogP contribution in [0.4, 0.5) is 5.00 Å². The molecule has 8 heteroatoms. The van der Waals surface area contributed by atoms with Gasteiger partial charge in [0, 0.05) is 9.90 Å². The van der Waals surface area contributed by atoms with Crippen molar-refractivity contribution in [3.05, 3.63) is 45.3 Å². The van der Waals surface area contributed by atoms with Gasteiger partial charge in [0.1, 0.15) is 16.8 Å². The number of hydrogen-bond donors (Lipinski definition) is 1. The van der Waals surface area contributed by atoms with Crippen molar-refractivity contribution < 1.29 is 13.2 Å². The summed E-state index contributed by atoms with van der Waals surface area (Å²) in [4.78, 5) is 13.4. The Morgan fingerprint density at radius 1 is 1.38 bits per heavy atom. The predicted octanol–water partition coefficient (Wildman–Crippen LogP) is 3.81. The molecule has 1 aliphatic carbocycles. The van der Waals surface area contributed by atoms with Crippen LogP contribution in [0.5, 0.6) is 0 Å². The molecule has 2 aromatic rings. The van der Waals surface area contributed by atoms with Crippen LogP contribution < -0.4 is 5.32 Å². The van der Waals surface area contributed by atoms with Gasteiger partial charge in [-0.05, 0) is 55.0 Å². The summed E-state index contributed by atoms with van der Waals surface area (Å²) in [6, 6.07) is 7.83. The van der Waals surface area contributed by atoms with Crippen molar-refractivity contribution in [1.29, 1.82) is 5.26 Å². The van der Waals surface area contributed by atoms with Crippen LogP contribution in [-0.2, 0) is 27.5 Å². The maximum Gasteiger partial charge on any atom is 0.240 e. The number of nitrogens with zero attached hydrogens (tertiary/aromatic N) is 1. The minimum Gasteiger partial charge on any atom is -0.316 e. The van der Waals surface area contributed by atoms with Crippen LogP contribution in [0, 0.1) is 17.2 Å². The van der Waals surface area contributed by atoms with Gasteiger partial charge in [-0.25, -0.2) is 8.42 Å². The SMILES string of the molecule is C[C@H]1CCc2c(sc(NC(=O)CS(=O)(=O)c3ccc(Cl)cc3)c2C#N)C1. The average Bonchev–Trinajstić information content (AvgIpc) is 2.90. The zero-order valence-corrected chi connectivity index (χ0v) is 16.5. The third-order valence-electron chi connectivity index (χ3n) is 4.37. The second-order valence-corrected chi connectivity index (χ2v) is 9.96. The number of carbonyl (C=O) groups is 1. The molecule has 1 heterocycles. The summed E-state index contributed by atoms with van der Waals surface area (Å²) in [5, 5.41) is 12.9. The molecule has 3 rings (SSSR count). The van der Waals surface area contributed by atoms with Gasteiger partial charge in [0.2, 0.25) is 5.91 Å². The number of benzene rings is 1. The summed E-state index contributed by atoms with van der Waals surface area (Å²) in [5.74, 6) is -0.789. The highest BCUT2D eigenvalue weighted by Gasteiger charge is 2.26. The van der Waals surface area contributed by atoms with Crippen LogP contribution in [0.1, 0.15) is 29.3 Å². The Morgan fingerprint density at radius 3 is 2.73 bits per heavy atom. The van der Waals surface area contributed by atoms with Crippen LogP contribution in [0.25, 0.3) is 0 Å². The number of hydrogen-bond acceptors (Lipinski definition) is 5. The Kier molecular flexibility index (Phi) is 5.37. The van der Waals surface area contributed by atoms with E-state index in [1.165, 1.54) is 35.6 Å². The first kappa shape index (κ1) is 18.9. The van der Waals surface area contributed by atoms with Gasteiger partial charge in [0.25, 0.3) is 0 Å². The van der Waals surface area contributed by atoms with E-state index in [2.05, 4.69) is 18.3 Å². The highest BCUT2D eigenvalue weighted by atomic mass is 35.5. The van der Waals surface area contributed by atoms with E-state index in [1.807, 2.05) is 0 Å². The lowest BCUT2D eigenvalue weighted by Crippen LogP contribution is -2.23. The van der Waals surface area contributed by atoms with Crippen molar-refractivity contribution in [3.8, 4) is 6.07 Å². The third-order valence-corrected chi connectivity index (χ3v) is 7.42. The Bertz CT molecular complexity index is 989. The number of fused-ring (bicyclic) bond motifs is 1. The summed E-state index contributed by atoms with van der Waals surface area (Å²) in [6.45, 7) is 2.16. The minimum absolute atomic E-state index is 0.0388. The first-order valence-electron chi connectivity index (χ1n) is 8.13. The van der Waals surface area contributed by atoms with Crippen molar-refractivity contribution in [2.75, 3.05) is 11.1 Å². The summed E-state index contributed by atoms with van der Waals surface area (Å²) >= 11 is 7.14. The van der Waals surface area contributed by atoms with Crippen LogP contribution in [0.2, 0.25) is 5.02 Å². The van der Waals surface area contributed by atoms with Gasteiger partial charge in [-0.3, -0.25) is 4.79 Å². The summed E-state index contributed by atoms with van der Waals surface area (Å²) in [7, 11) is -3.78. The van der Waals surface area contributed by atoms with Crippen molar-refractivity contribution in [2.45, 2.75) is 31.1 Å². The summed E-state index contributed by atoms with van der Waals surface area (Å²) in [5.41, 5.74) is 1.46. The Balaban J connectivity index is 1.78. The molecule has 0 bridgehead atoms. The second kappa shape index (κ2) is 7.39. The lowest BCUT2D eigenvalue weighted by atomic mass is 9.89. The van der Waals surface area contributed by atoms with E-state index in [0.29, 0.717) is 21.5 Å². The van der Waals surface area contributed by atoms with Crippen LogP contribution in [-0.4, -0.2) is 20.1 Å². The number of thiophene rings is 1. The summed E-state index contributed by atoms with van der Waals surface area (Å²) < 4.78 is 24.7. The maximum atomic E-state index is 12.4. The van der Waals surface area contributed by atoms with Crippen LogP contribution >= 0.6 is 22.9 Å². The van der Waals surface area contributed by atoms with E-state index >= 15 is 0 Å². The molecule has 1 aliphatic rings. The fraction of sp³-hybridized carbons (Fsp3) is 0.333. The quantitative estimate of drug-likeness (QED) is 0.833. The number of rotatable bonds is 4. The molecule has 0 unspecified atom stereocenters. The molecule has 0 radical (unpaired) electrons. The molecule has 1 aromatic carbocycles. The standard InChI is InChI=1S/C18H17ClN2O3S2/c1-11-2-7-14-15(9-20)18(25-16(14)8-11)21-17(22)10-26(23,24)13-5-3-12(19)4-6-13/h3-6,11H,2,7-8,10H2,1H3,(H,21,22)/t11-/m0/s1. The van der Waals surface area contributed by atoms with E-state index in [1.54, 1.807) is 0 Å². The van der Waals surface area contributed by atoms with E-state index < -0.39 is 21.5 Å². The van der Waals surface area contributed by atoms with E-state index in [0.717, 1.165) is 29.7 Å². The lowest BCUT2D eigenvalue weighted by Gasteiger charge is -2.17. The van der Waals surface area contributed by atoms with Crippen molar-refractivity contribution in [3.63, 3.8) is 0 Å². The fourth-order valence-electron chi connectivity index (χ4n) is 3.02. The molecule has 0 saturated heterocycles. The van der Waals surface area contributed by atoms with Gasteiger partial charge in [0.15, 0.2) is 9.84 Å². The average molecular weight is 409 g/mol. The number of nitriles is 1. The number of amides is 1. The number of anilines is 1. The Morgan fingerprint density at radius 2 is 2.08 bits per heavy atom. The predicted molar refractivity (Wildman–Crippen MR) is 102 cm³/mol. The Hall–Kier alpha value is -1.88. The van der Waals surface area contributed by atoms with E-state index in [9.17, 15) is 18.5 Å². The molecule has 0 fully saturated rings. The van der Waals surface area contributed by atoms with Gasteiger partial charge in [-0.15, -0.1) is 11.3 Å². The fourth-order valence-corrected chi connectivity index (χ4v) is 5.66. The van der Waals surface area contributed by atoms with Gasteiger partial charge in [-0.1, -0.05) is 18.5 Å². The molecule has 1 atom stereocenters. The van der Waals surface area contributed by atoms with Crippen LogP contribution in [0.15, 0.2) is 29.2 Å². The molecular weight excluding hydrogens is 392 g/mol. The smallest absolute Gasteiger partial charge is 0.240 e. The number of sulfone groups is 1. The third kappa shape index (κ3) is 3.93. The highest BCUT2D eigenvalue weighted by Crippen LogP contribution is 2.39. The molecular formula is C18H17ClN2O3S2.